The standard InChI is InChI=1S/C38H43N7O3S/c1-27-22-28(2)24-31(23-27)37-34(35-25-33(17-18-36(35)39-37)45-38(46)43(3)41-42-45)19-21-44(26-30-11-6-5-7-12-30)20-9-8-10-29-13-15-32(16-14-29)40-49(4,47)48/h5-7,11-18,22-25,39-40H,8-10,19-21,26H2,1-4H3. The van der Waals surface area contributed by atoms with Crippen molar-refractivity contribution in [2.24, 2.45) is 7.05 Å². The average molecular weight is 678 g/mol. The number of benzene rings is 4. The lowest BCUT2D eigenvalue weighted by Crippen LogP contribution is -2.27. The van der Waals surface area contributed by atoms with E-state index < -0.39 is 10.0 Å². The predicted molar refractivity (Wildman–Crippen MR) is 197 cm³/mol. The van der Waals surface area contributed by atoms with Crippen molar-refractivity contribution in [1.82, 2.24) is 29.7 Å². The van der Waals surface area contributed by atoms with Gasteiger partial charge in [0.2, 0.25) is 10.0 Å². The minimum absolute atomic E-state index is 0.290. The predicted octanol–water partition coefficient (Wildman–Crippen LogP) is 6.17. The van der Waals surface area contributed by atoms with Gasteiger partial charge in [0, 0.05) is 42.4 Å². The van der Waals surface area contributed by atoms with Crippen LogP contribution >= 0.6 is 0 Å². The van der Waals surface area contributed by atoms with Gasteiger partial charge in [0.05, 0.1) is 11.9 Å². The summed E-state index contributed by atoms with van der Waals surface area (Å²) in [4.78, 5) is 19.0. The molecule has 0 saturated carbocycles. The Bertz CT molecular complexity index is 2200. The van der Waals surface area contributed by atoms with Crippen LogP contribution in [0.1, 0.15) is 40.7 Å². The quantitative estimate of drug-likeness (QED) is 0.133. The molecule has 6 rings (SSSR count). The Balaban J connectivity index is 1.25. The molecule has 0 amide bonds. The molecule has 2 heterocycles. The van der Waals surface area contributed by atoms with E-state index in [1.807, 2.05) is 48.5 Å². The fraction of sp³-hybridized carbons (Fsp3) is 0.289. The van der Waals surface area contributed by atoms with Gasteiger partial charge in [-0.2, -0.15) is 9.36 Å². The van der Waals surface area contributed by atoms with Crippen molar-refractivity contribution in [2.75, 3.05) is 24.1 Å². The molecule has 10 nitrogen and oxygen atoms in total. The monoisotopic (exact) mass is 677 g/mol. The Kier molecular flexibility index (Phi) is 10.1. The third-order valence-corrected chi connectivity index (χ3v) is 9.35. The van der Waals surface area contributed by atoms with Crippen molar-refractivity contribution in [3.63, 3.8) is 0 Å². The number of rotatable bonds is 14. The second-order valence-corrected chi connectivity index (χ2v) is 14.7. The molecule has 0 saturated heterocycles. The van der Waals surface area contributed by atoms with Gasteiger partial charge in [-0.05, 0) is 121 Å². The van der Waals surface area contributed by atoms with E-state index in [0.29, 0.717) is 11.4 Å². The van der Waals surface area contributed by atoms with Crippen LogP contribution in [0.5, 0.6) is 0 Å². The molecule has 0 bridgehead atoms. The molecular weight excluding hydrogens is 635 g/mol. The van der Waals surface area contributed by atoms with Crippen molar-refractivity contribution in [3.8, 4) is 16.9 Å². The summed E-state index contributed by atoms with van der Waals surface area (Å²) in [6.45, 7) is 6.87. The summed E-state index contributed by atoms with van der Waals surface area (Å²) in [6.07, 6.45) is 4.92. The van der Waals surface area contributed by atoms with E-state index in [2.05, 4.69) is 81.3 Å². The van der Waals surface area contributed by atoms with Gasteiger partial charge in [-0.25, -0.2) is 13.2 Å². The maximum Gasteiger partial charge on any atom is 0.368 e. The SMILES string of the molecule is Cc1cc(C)cc(-c2[nH]c3ccc(-n4nnn(C)c4=O)cc3c2CCN(CCCCc2ccc(NS(C)(=O)=O)cc2)Cc2ccccc2)c1. The minimum Gasteiger partial charge on any atom is -0.354 e. The Morgan fingerprint density at radius 1 is 0.816 bits per heavy atom. The van der Waals surface area contributed by atoms with Gasteiger partial charge in [-0.3, -0.25) is 9.62 Å². The fourth-order valence-electron chi connectivity index (χ4n) is 6.47. The van der Waals surface area contributed by atoms with Crippen molar-refractivity contribution < 1.29 is 8.42 Å². The van der Waals surface area contributed by atoms with Crippen molar-refractivity contribution in [1.29, 1.82) is 0 Å². The summed E-state index contributed by atoms with van der Waals surface area (Å²) in [5, 5.41) is 9.07. The number of anilines is 1. The highest BCUT2D eigenvalue weighted by Crippen LogP contribution is 2.33. The van der Waals surface area contributed by atoms with Crippen LogP contribution in [0, 0.1) is 13.8 Å². The number of aryl methyl sites for hydroxylation is 4. The van der Waals surface area contributed by atoms with Crippen LogP contribution < -0.4 is 10.4 Å². The number of H-pyrrole nitrogens is 1. The molecule has 0 spiro atoms. The van der Waals surface area contributed by atoms with Gasteiger partial charge in [-0.15, -0.1) is 0 Å². The molecule has 0 fully saturated rings. The summed E-state index contributed by atoms with van der Waals surface area (Å²) in [6, 6.07) is 30.8. The van der Waals surface area contributed by atoms with Crippen molar-refractivity contribution >= 4 is 26.6 Å². The number of hydrogen-bond acceptors (Lipinski definition) is 6. The number of sulfonamides is 1. The number of tetrazole rings is 1. The Hall–Kier alpha value is -5.00. The molecule has 2 aromatic heterocycles. The molecule has 0 aliphatic rings. The van der Waals surface area contributed by atoms with Crippen molar-refractivity contribution in [2.45, 2.75) is 46.1 Å². The first-order valence-electron chi connectivity index (χ1n) is 16.6. The van der Waals surface area contributed by atoms with E-state index in [-0.39, 0.29) is 5.69 Å². The van der Waals surface area contributed by atoms with Crippen LogP contribution in [-0.4, -0.2) is 57.4 Å². The Morgan fingerprint density at radius 2 is 1.55 bits per heavy atom. The van der Waals surface area contributed by atoms with Gasteiger partial charge in [-0.1, -0.05) is 59.7 Å². The summed E-state index contributed by atoms with van der Waals surface area (Å²) in [7, 11) is -1.70. The van der Waals surface area contributed by atoms with Crippen molar-refractivity contribution in [3.05, 3.63) is 129 Å². The zero-order chi connectivity index (χ0) is 34.5. The van der Waals surface area contributed by atoms with Crippen LogP contribution in [0.25, 0.3) is 27.8 Å². The summed E-state index contributed by atoms with van der Waals surface area (Å²) >= 11 is 0. The summed E-state index contributed by atoms with van der Waals surface area (Å²) < 4.78 is 28.2. The average Bonchev–Trinajstić information content (AvgIpc) is 3.60. The van der Waals surface area contributed by atoms with Gasteiger partial charge in [0.15, 0.2) is 0 Å². The molecule has 0 unspecified atom stereocenters. The number of nitrogens with zero attached hydrogens (tertiary/aromatic N) is 5. The van der Waals surface area contributed by atoms with Crippen LogP contribution in [0.2, 0.25) is 0 Å². The molecule has 0 aliphatic carbocycles. The highest BCUT2D eigenvalue weighted by atomic mass is 32.2. The van der Waals surface area contributed by atoms with Gasteiger partial charge in [0.1, 0.15) is 0 Å². The lowest BCUT2D eigenvalue weighted by molar-refractivity contribution is 0.263. The third kappa shape index (κ3) is 8.54. The third-order valence-electron chi connectivity index (χ3n) is 8.74. The Labute approximate surface area is 287 Å². The van der Waals surface area contributed by atoms with Gasteiger partial charge in [0.25, 0.3) is 0 Å². The maximum absolute atomic E-state index is 12.7. The van der Waals surface area contributed by atoms with Crippen LogP contribution in [0.15, 0.2) is 95.8 Å². The lowest BCUT2D eigenvalue weighted by Gasteiger charge is -2.23. The zero-order valence-corrected chi connectivity index (χ0v) is 29.3. The first kappa shape index (κ1) is 33.9. The van der Waals surface area contributed by atoms with E-state index in [1.165, 1.54) is 37.2 Å². The molecule has 254 valence electrons. The zero-order valence-electron chi connectivity index (χ0n) is 28.5. The van der Waals surface area contributed by atoms with Gasteiger partial charge >= 0.3 is 5.69 Å². The number of nitrogens with one attached hydrogen (secondary N) is 2. The first-order chi connectivity index (χ1) is 23.5. The highest BCUT2D eigenvalue weighted by molar-refractivity contribution is 7.92. The van der Waals surface area contributed by atoms with E-state index in [0.717, 1.165) is 73.7 Å². The highest BCUT2D eigenvalue weighted by Gasteiger charge is 2.18. The van der Waals surface area contributed by atoms with E-state index in [4.69, 9.17) is 0 Å². The van der Waals surface area contributed by atoms with E-state index >= 15 is 0 Å². The number of fused-ring (bicyclic) bond motifs is 1. The largest absolute Gasteiger partial charge is 0.368 e. The molecule has 4 aromatic carbocycles. The molecule has 0 atom stereocenters. The van der Waals surface area contributed by atoms with Crippen LogP contribution in [0.4, 0.5) is 5.69 Å². The minimum atomic E-state index is -3.30. The smallest absolute Gasteiger partial charge is 0.354 e. The Morgan fingerprint density at radius 3 is 2.22 bits per heavy atom. The molecule has 0 aliphatic heterocycles. The number of aromatic nitrogens is 5. The van der Waals surface area contributed by atoms with Crippen LogP contribution in [-0.2, 0) is 36.5 Å². The maximum atomic E-state index is 12.7. The molecule has 2 N–H and O–H groups in total. The van der Waals surface area contributed by atoms with Gasteiger partial charge < -0.3 is 4.98 Å². The number of hydrogen-bond donors (Lipinski definition) is 2. The molecule has 6 aromatic rings. The molecule has 0 radical (unpaired) electrons. The summed E-state index contributed by atoms with van der Waals surface area (Å²) in [5.41, 5.74) is 10.3. The van der Waals surface area contributed by atoms with E-state index in [1.54, 1.807) is 7.05 Å². The molecule has 49 heavy (non-hydrogen) atoms. The number of aromatic amines is 1. The van der Waals surface area contributed by atoms with Crippen LogP contribution in [0.3, 0.4) is 0 Å². The number of unbranched alkanes of at least 4 members (excludes halogenated alkanes) is 1. The topological polar surface area (TPSA) is 118 Å². The second kappa shape index (κ2) is 14.6. The molecule has 11 heteroatoms. The normalized spacial score (nSPS) is 11.9. The molecular formula is C38H43N7O3S. The fourth-order valence-corrected chi connectivity index (χ4v) is 7.03. The second-order valence-electron chi connectivity index (χ2n) is 12.9. The lowest BCUT2D eigenvalue weighted by atomic mass is 9.99. The van der Waals surface area contributed by atoms with E-state index in [9.17, 15) is 13.2 Å². The first-order valence-corrected chi connectivity index (χ1v) is 18.5. The summed E-state index contributed by atoms with van der Waals surface area (Å²) in [5.74, 6) is 0.